The van der Waals surface area contributed by atoms with E-state index in [-0.39, 0.29) is 0 Å². The lowest BCUT2D eigenvalue weighted by Gasteiger charge is -2.11. The van der Waals surface area contributed by atoms with Gasteiger partial charge in [-0.25, -0.2) is 0 Å². The van der Waals surface area contributed by atoms with E-state index in [1.165, 1.54) is 11.1 Å². The average Bonchev–Trinajstić information content (AvgIpc) is 2.64. The van der Waals surface area contributed by atoms with Gasteiger partial charge in [0.25, 0.3) is 0 Å². The molecule has 0 saturated carbocycles. The lowest BCUT2D eigenvalue weighted by atomic mass is 10.1. The smallest absolute Gasteiger partial charge is 0.148 e. The van der Waals surface area contributed by atoms with Crippen molar-refractivity contribution in [1.29, 1.82) is 0 Å². The van der Waals surface area contributed by atoms with E-state index in [9.17, 15) is 0 Å². The minimum absolute atomic E-state index is 0.500. The molecule has 0 aliphatic rings. The molecule has 0 N–H and O–H groups in total. The van der Waals surface area contributed by atoms with Crippen molar-refractivity contribution in [2.45, 2.75) is 20.5 Å². The predicted octanol–water partition coefficient (Wildman–Crippen LogP) is 7.92. The third kappa shape index (κ3) is 5.31. The number of hydrogen-bond donors (Lipinski definition) is 0. The molecule has 0 bridgehead atoms. The van der Waals surface area contributed by atoms with Crippen molar-refractivity contribution in [2.75, 3.05) is 0 Å². The minimum atomic E-state index is 0.500. The van der Waals surface area contributed by atoms with Crippen molar-refractivity contribution in [3.63, 3.8) is 0 Å². The molecule has 3 aromatic carbocycles. The molecular weight excluding hydrogens is 534 g/mol. The van der Waals surface area contributed by atoms with E-state index >= 15 is 0 Å². The van der Waals surface area contributed by atoms with Gasteiger partial charge >= 0.3 is 0 Å². The molecule has 0 saturated heterocycles. The monoisotopic (exact) mass is 549 g/mol. The Morgan fingerprint density at radius 3 is 2.26 bits per heavy atom. The zero-order valence-electron chi connectivity index (χ0n) is 15.0. The molecule has 0 atom stereocenters. The molecule has 0 aliphatic carbocycles. The quantitative estimate of drug-likeness (QED) is 0.295. The highest BCUT2D eigenvalue weighted by atomic mass is 79.9. The predicted molar refractivity (Wildman–Crippen MR) is 123 cm³/mol. The number of aryl methyl sites for hydroxylation is 1. The molecule has 0 spiro atoms. The standard InChI is InChI=1S/C22H18Br3NO/c1-14-4-3-5-21(15(14)2)26-12-17-10-19(24)22(20(25)11-17)27-13-16-6-8-18(23)9-7-16/h3-12H,13H2,1-2H3. The van der Waals surface area contributed by atoms with Crippen LogP contribution in [0.4, 0.5) is 5.69 Å². The Hall–Kier alpha value is -1.43. The van der Waals surface area contributed by atoms with Crippen LogP contribution in [0.25, 0.3) is 0 Å². The number of aliphatic imine (C=N–C) groups is 1. The van der Waals surface area contributed by atoms with Crippen molar-refractivity contribution in [1.82, 2.24) is 0 Å². The first-order valence-electron chi connectivity index (χ1n) is 8.40. The molecule has 3 rings (SSSR count). The highest BCUT2D eigenvalue weighted by molar-refractivity contribution is 9.11. The molecule has 0 radical (unpaired) electrons. The van der Waals surface area contributed by atoms with E-state index in [1.807, 2.05) is 54.7 Å². The van der Waals surface area contributed by atoms with Crippen LogP contribution in [0.3, 0.4) is 0 Å². The minimum Gasteiger partial charge on any atom is -0.487 e. The van der Waals surface area contributed by atoms with Gasteiger partial charge in [-0.2, -0.15) is 0 Å². The molecule has 5 heteroatoms. The molecule has 27 heavy (non-hydrogen) atoms. The fourth-order valence-electron chi connectivity index (χ4n) is 2.55. The van der Waals surface area contributed by atoms with Gasteiger partial charge in [0.2, 0.25) is 0 Å². The van der Waals surface area contributed by atoms with Gasteiger partial charge in [0.1, 0.15) is 12.4 Å². The second kappa shape index (κ2) is 9.18. The Kier molecular flexibility index (Phi) is 6.90. The molecule has 0 fully saturated rings. The summed E-state index contributed by atoms with van der Waals surface area (Å²) in [5.41, 5.74) is 5.52. The number of rotatable bonds is 5. The van der Waals surface area contributed by atoms with Crippen LogP contribution in [0.1, 0.15) is 22.3 Å². The summed E-state index contributed by atoms with van der Waals surface area (Å²) in [4.78, 5) is 4.64. The molecule has 138 valence electrons. The van der Waals surface area contributed by atoms with Crippen LogP contribution in [-0.2, 0) is 6.61 Å². The van der Waals surface area contributed by atoms with Gasteiger partial charge in [0, 0.05) is 10.7 Å². The SMILES string of the molecule is Cc1cccc(N=Cc2cc(Br)c(OCc3ccc(Br)cc3)c(Br)c2)c1C. The summed E-state index contributed by atoms with van der Waals surface area (Å²) in [5.74, 6) is 0.779. The third-order valence-electron chi connectivity index (χ3n) is 4.25. The van der Waals surface area contributed by atoms with Crippen LogP contribution in [0, 0.1) is 13.8 Å². The van der Waals surface area contributed by atoms with Crippen molar-refractivity contribution in [2.24, 2.45) is 4.99 Å². The summed E-state index contributed by atoms with van der Waals surface area (Å²) < 4.78 is 8.82. The van der Waals surface area contributed by atoms with Crippen molar-refractivity contribution in [3.05, 3.63) is 90.3 Å². The van der Waals surface area contributed by atoms with E-state index < -0.39 is 0 Å². The Morgan fingerprint density at radius 1 is 0.926 bits per heavy atom. The first kappa shape index (κ1) is 20.3. The molecule has 2 nitrogen and oxygen atoms in total. The topological polar surface area (TPSA) is 21.6 Å². The summed E-state index contributed by atoms with van der Waals surface area (Å²) >= 11 is 10.7. The van der Waals surface area contributed by atoms with Gasteiger partial charge in [-0.1, -0.05) is 40.2 Å². The maximum absolute atomic E-state index is 5.99. The summed E-state index contributed by atoms with van der Waals surface area (Å²) in [5, 5.41) is 0. The highest BCUT2D eigenvalue weighted by Crippen LogP contribution is 2.35. The first-order chi connectivity index (χ1) is 12.9. The van der Waals surface area contributed by atoms with E-state index in [2.05, 4.69) is 72.7 Å². The maximum Gasteiger partial charge on any atom is 0.148 e. The fraction of sp³-hybridized carbons (Fsp3) is 0.136. The first-order valence-corrected chi connectivity index (χ1v) is 10.8. The summed E-state index contributed by atoms with van der Waals surface area (Å²) in [6.45, 7) is 4.69. The van der Waals surface area contributed by atoms with Gasteiger partial charge in [0.15, 0.2) is 0 Å². The van der Waals surface area contributed by atoms with Crippen molar-refractivity contribution < 1.29 is 4.74 Å². The second-order valence-corrected chi connectivity index (χ2v) is 8.83. The van der Waals surface area contributed by atoms with Crippen molar-refractivity contribution in [3.8, 4) is 5.75 Å². The van der Waals surface area contributed by atoms with Crippen LogP contribution in [0.15, 0.2) is 73.0 Å². The van der Waals surface area contributed by atoms with Crippen LogP contribution in [0.5, 0.6) is 5.75 Å². The van der Waals surface area contributed by atoms with Gasteiger partial charge in [-0.3, -0.25) is 4.99 Å². The lowest BCUT2D eigenvalue weighted by Crippen LogP contribution is -1.97. The maximum atomic E-state index is 5.99. The number of benzene rings is 3. The van der Waals surface area contributed by atoms with E-state index in [4.69, 9.17) is 4.74 Å². The van der Waals surface area contributed by atoms with Crippen LogP contribution in [-0.4, -0.2) is 6.21 Å². The highest BCUT2D eigenvalue weighted by Gasteiger charge is 2.09. The molecule has 0 aliphatic heterocycles. The Balaban J connectivity index is 1.77. The number of halogens is 3. The summed E-state index contributed by atoms with van der Waals surface area (Å²) in [6.07, 6.45) is 1.87. The molecule has 0 amide bonds. The van der Waals surface area contributed by atoms with Crippen LogP contribution < -0.4 is 4.74 Å². The Bertz CT molecular complexity index is 958. The molecular formula is C22H18Br3NO. The van der Waals surface area contributed by atoms with Gasteiger partial charge in [-0.05, 0) is 98.3 Å². The molecule has 3 aromatic rings. The second-order valence-electron chi connectivity index (χ2n) is 6.21. The largest absolute Gasteiger partial charge is 0.487 e. The molecule has 0 heterocycles. The summed E-state index contributed by atoms with van der Waals surface area (Å²) in [7, 11) is 0. The van der Waals surface area contributed by atoms with E-state index in [1.54, 1.807) is 0 Å². The van der Waals surface area contributed by atoms with Crippen LogP contribution in [0.2, 0.25) is 0 Å². The number of ether oxygens (including phenoxy) is 1. The average molecular weight is 552 g/mol. The summed E-state index contributed by atoms with van der Waals surface area (Å²) in [6, 6.07) is 18.3. The lowest BCUT2D eigenvalue weighted by molar-refractivity contribution is 0.302. The Morgan fingerprint density at radius 2 is 1.59 bits per heavy atom. The Labute approximate surface area is 185 Å². The van der Waals surface area contributed by atoms with Gasteiger partial charge < -0.3 is 4.74 Å². The normalized spacial score (nSPS) is 11.1. The zero-order chi connectivity index (χ0) is 19.4. The van der Waals surface area contributed by atoms with E-state index in [0.717, 1.165) is 36.0 Å². The zero-order valence-corrected chi connectivity index (χ0v) is 19.7. The van der Waals surface area contributed by atoms with E-state index in [0.29, 0.717) is 6.61 Å². The van der Waals surface area contributed by atoms with Gasteiger partial charge in [-0.15, -0.1) is 0 Å². The van der Waals surface area contributed by atoms with Crippen molar-refractivity contribution >= 4 is 59.7 Å². The van der Waals surface area contributed by atoms with Gasteiger partial charge in [0.05, 0.1) is 14.6 Å². The van der Waals surface area contributed by atoms with Crippen LogP contribution >= 0.6 is 47.8 Å². The number of hydrogen-bond acceptors (Lipinski definition) is 2. The third-order valence-corrected chi connectivity index (χ3v) is 5.95. The molecule has 0 aromatic heterocycles. The fourth-order valence-corrected chi connectivity index (χ4v) is 4.26. The number of nitrogens with zero attached hydrogens (tertiary/aromatic N) is 1. The molecule has 0 unspecified atom stereocenters.